The van der Waals surface area contributed by atoms with Gasteiger partial charge in [-0.15, -0.1) is 0 Å². The highest BCUT2D eigenvalue weighted by atomic mass is 16.5. The number of methoxy groups -OCH3 is 1. The largest absolute Gasteiger partial charge is 0.497 e. The predicted molar refractivity (Wildman–Crippen MR) is 127 cm³/mol. The molecule has 0 radical (unpaired) electrons. The van der Waals surface area contributed by atoms with E-state index < -0.39 is 0 Å². The Morgan fingerprint density at radius 3 is 2.09 bits per heavy atom. The summed E-state index contributed by atoms with van der Waals surface area (Å²) in [5.41, 5.74) is 0.365. The molecular weight excluding hydrogens is 418 g/mol. The topological polar surface area (TPSA) is 87.7 Å². The summed E-state index contributed by atoms with van der Waals surface area (Å²) >= 11 is 0. The summed E-state index contributed by atoms with van der Waals surface area (Å²) in [5, 5.41) is 5.44. The summed E-state index contributed by atoms with van der Waals surface area (Å²) in [4.78, 5) is 40.5. The molecule has 0 heterocycles. The molecule has 3 amide bonds. The van der Waals surface area contributed by atoms with Gasteiger partial charge in [-0.1, -0.05) is 13.8 Å². The maximum atomic E-state index is 13.8. The quantitative estimate of drug-likeness (QED) is 0.597. The number of hydrogen-bond acceptors (Lipinski definition) is 4. The first-order chi connectivity index (χ1) is 15.8. The van der Waals surface area contributed by atoms with E-state index in [1.165, 1.54) is 19.3 Å². The van der Waals surface area contributed by atoms with Crippen LogP contribution in [0.5, 0.6) is 5.75 Å². The normalized spacial score (nSPS) is 27.3. The molecule has 4 bridgehead atoms. The van der Waals surface area contributed by atoms with Crippen molar-refractivity contribution in [3.63, 3.8) is 0 Å². The second-order valence-corrected chi connectivity index (χ2v) is 10.8. The highest BCUT2D eigenvalue weighted by Gasteiger charge is 2.55. The molecule has 2 N–H and O–H groups in total. The minimum atomic E-state index is -0.309. The summed E-state index contributed by atoms with van der Waals surface area (Å²) in [7, 11) is 1.58. The standard InChI is InChI=1S/C26H37N3O4/c1-17(2)15-29(25(32)26-11-18-8-19(12-26)10-20(9-18)13-26)16-24(31)27-14-23(30)28-21-4-6-22(33-3)7-5-21/h4-7,17-20H,8-16H2,1-3H3,(H,27,31)(H,28,30). The van der Waals surface area contributed by atoms with Crippen molar-refractivity contribution in [1.29, 1.82) is 0 Å². The first-order valence-electron chi connectivity index (χ1n) is 12.3. The number of benzene rings is 1. The molecule has 5 rings (SSSR count). The Labute approximate surface area is 196 Å². The van der Waals surface area contributed by atoms with E-state index >= 15 is 0 Å². The number of amides is 3. The van der Waals surface area contributed by atoms with Crippen LogP contribution in [0.3, 0.4) is 0 Å². The van der Waals surface area contributed by atoms with Crippen LogP contribution in [0.2, 0.25) is 0 Å². The molecule has 33 heavy (non-hydrogen) atoms. The number of ether oxygens (including phenoxy) is 1. The van der Waals surface area contributed by atoms with E-state index in [4.69, 9.17) is 4.74 Å². The molecule has 4 fully saturated rings. The Bertz CT molecular complexity index is 845. The Hall–Kier alpha value is -2.57. The smallest absolute Gasteiger partial charge is 0.243 e. The van der Waals surface area contributed by atoms with Gasteiger partial charge >= 0.3 is 0 Å². The van der Waals surface area contributed by atoms with Gasteiger partial charge < -0.3 is 20.3 Å². The van der Waals surface area contributed by atoms with Crippen LogP contribution in [0.15, 0.2) is 24.3 Å². The minimum Gasteiger partial charge on any atom is -0.497 e. The zero-order valence-corrected chi connectivity index (χ0v) is 20.1. The summed E-state index contributed by atoms with van der Waals surface area (Å²) < 4.78 is 5.11. The summed E-state index contributed by atoms with van der Waals surface area (Å²) in [6, 6.07) is 7.00. The first kappa shape index (κ1) is 23.6. The van der Waals surface area contributed by atoms with E-state index in [-0.39, 0.29) is 42.1 Å². The van der Waals surface area contributed by atoms with Crippen molar-refractivity contribution in [3.05, 3.63) is 24.3 Å². The van der Waals surface area contributed by atoms with Crippen LogP contribution in [0, 0.1) is 29.1 Å². The molecule has 4 aliphatic rings. The molecule has 0 aliphatic heterocycles. The Kier molecular flexibility index (Phi) is 6.96. The second kappa shape index (κ2) is 9.74. The molecule has 4 saturated carbocycles. The zero-order chi connectivity index (χ0) is 23.6. The van der Waals surface area contributed by atoms with Crippen LogP contribution in [-0.4, -0.2) is 49.4 Å². The van der Waals surface area contributed by atoms with Gasteiger partial charge in [0.25, 0.3) is 0 Å². The molecule has 7 heteroatoms. The molecule has 0 spiro atoms. The van der Waals surface area contributed by atoms with E-state index in [0.29, 0.717) is 35.7 Å². The fourth-order valence-corrected chi connectivity index (χ4v) is 6.66. The van der Waals surface area contributed by atoms with Gasteiger partial charge in [0.05, 0.1) is 25.6 Å². The third kappa shape index (κ3) is 5.50. The van der Waals surface area contributed by atoms with Gasteiger partial charge in [-0.05, 0) is 86.5 Å². The lowest BCUT2D eigenvalue weighted by molar-refractivity contribution is -0.159. The Balaban J connectivity index is 1.32. The average Bonchev–Trinajstić information content (AvgIpc) is 2.76. The van der Waals surface area contributed by atoms with Gasteiger partial charge in [-0.25, -0.2) is 0 Å². The van der Waals surface area contributed by atoms with E-state index in [1.54, 1.807) is 36.3 Å². The van der Waals surface area contributed by atoms with Crippen molar-refractivity contribution in [3.8, 4) is 5.75 Å². The van der Waals surface area contributed by atoms with Crippen molar-refractivity contribution >= 4 is 23.4 Å². The number of nitrogens with one attached hydrogen (secondary N) is 2. The predicted octanol–water partition coefficient (Wildman–Crippen LogP) is 3.45. The van der Waals surface area contributed by atoms with E-state index in [2.05, 4.69) is 24.5 Å². The molecular formula is C26H37N3O4. The third-order valence-corrected chi connectivity index (χ3v) is 7.52. The average molecular weight is 456 g/mol. The first-order valence-corrected chi connectivity index (χ1v) is 12.3. The van der Waals surface area contributed by atoms with Crippen LogP contribution in [0.1, 0.15) is 52.4 Å². The number of rotatable bonds is 9. The van der Waals surface area contributed by atoms with Crippen molar-refractivity contribution < 1.29 is 19.1 Å². The van der Waals surface area contributed by atoms with E-state index in [9.17, 15) is 14.4 Å². The SMILES string of the molecule is COc1ccc(NC(=O)CNC(=O)CN(CC(C)C)C(=O)C23CC4CC(CC(C4)C2)C3)cc1. The summed E-state index contributed by atoms with van der Waals surface area (Å²) in [5.74, 6) is 2.57. The molecule has 1 aromatic carbocycles. The molecule has 4 aliphatic carbocycles. The summed E-state index contributed by atoms with van der Waals surface area (Å²) in [6.45, 7) is 4.58. The number of anilines is 1. The van der Waals surface area contributed by atoms with Gasteiger partial charge in [-0.2, -0.15) is 0 Å². The number of carbonyl (C=O) groups is 3. The second-order valence-electron chi connectivity index (χ2n) is 10.8. The van der Waals surface area contributed by atoms with Gasteiger partial charge in [0.1, 0.15) is 5.75 Å². The van der Waals surface area contributed by atoms with E-state index in [1.807, 2.05) is 0 Å². The fraction of sp³-hybridized carbons (Fsp3) is 0.654. The molecule has 7 nitrogen and oxygen atoms in total. The van der Waals surface area contributed by atoms with Crippen molar-refractivity contribution in [1.82, 2.24) is 10.2 Å². The monoisotopic (exact) mass is 455 g/mol. The third-order valence-electron chi connectivity index (χ3n) is 7.52. The molecule has 1 aromatic rings. The van der Waals surface area contributed by atoms with E-state index in [0.717, 1.165) is 19.3 Å². The lowest BCUT2D eigenvalue weighted by atomic mass is 9.49. The highest BCUT2D eigenvalue weighted by molar-refractivity contribution is 5.95. The van der Waals surface area contributed by atoms with Crippen LogP contribution < -0.4 is 15.4 Å². The zero-order valence-electron chi connectivity index (χ0n) is 20.1. The molecule has 0 aromatic heterocycles. The van der Waals surface area contributed by atoms with Crippen molar-refractivity contribution in [2.24, 2.45) is 29.1 Å². The minimum absolute atomic E-state index is 0.00851. The van der Waals surface area contributed by atoms with Crippen molar-refractivity contribution in [2.75, 3.05) is 32.1 Å². The number of carbonyl (C=O) groups excluding carboxylic acids is 3. The van der Waals surface area contributed by atoms with Crippen LogP contribution in [-0.2, 0) is 14.4 Å². The van der Waals surface area contributed by atoms with Crippen LogP contribution >= 0.6 is 0 Å². The van der Waals surface area contributed by atoms with Gasteiger partial charge in [0.15, 0.2) is 0 Å². The van der Waals surface area contributed by atoms with Gasteiger partial charge in [-0.3, -0.25) is 14.4 Å². The Morgan fingerprint density at radius 1 is 1.00 bits per heavy atom. The summed E-state index contributed by atoms with van der Waals surface area (Å²) in [6.07, 6.45) is 6.79. The fourth-order valence-electron chi connectivity index (χ4n) is 6.66. The maximum absolute atomic E-state index is 13.8. The van der Waals surface area contributed by atoms with Gasteiger partial charge in [0, 0.05) is 12.2 Å². The molecule has 0 unspecified atom stereocenters. The maximum Gasteiger partial charge on any atom is 0.243 e. The van der Waals surface area contributed by atoms with Crippen LogP contribution in [0.25, 0.3) is 0 Å². The molecule has 0 atom stereocenters. The van der Waals surface area contributed by atoms with Crippen molar-refractivity contribution in [2.45, 2.75) is 52.4 Å². The van der Waals surface area contributed by atoms with Crippen LogP contribution in [0.4, 0.5) is 5.69 Å². The molecule has 0 saturated heterocycles. The number of nitrogens with zero attached hydrogens (tertiary/aromatic N) is 1. The number of hydrogen-bond donors (Lipinski definition) is 2. The highest BCUT2D eigenvalue weighted by Crippen LogP contribution is 2.60. The Morgan fingerprint density at radius 2 is 1.58 bits per heavy atom. The lowest BCUT2D eigenvalue weighted by Gasteiger charge is -2.56. The molecule has 180 valence electrons. The lowest BCUT2D eigenvalue weighted by Crippen LogP contribution is -2.56. The van der Waals surface area contributed by atoms with Gasteiger partial charge in [0.2, 0.25) is 17.7 Å².